The molecule has 4 heteroatoms. The zero-order valence-electron chi connectivity index (χ0n) is 13.5. The molecule has 0 aliphatic rings. The highest BCUT2D eigenvalue weighted by molar-refractivity contribution is 6.33. The first-order valence-corrected chi connectivity index (χ1v) is 7.82. The van der Waals surface area contributed by atoms with Gasteiger partial charge in [-0.25, -0.2) is 4.98 Å². The fourth-order valence-corrected chi connectivity index (χ4v) is 2.25. The van der Waals surface area contributed by atoms with Crippen molar-refractivity contribution in [2.45, 2.75) is 59.0 Å². The molecule has 1 N–H and O–H groups in total. The summed E-state index contributed by atoms with van der Waals surface area (Å²) in [6.07, 6.45) is 5.57. The van der Waals surface area contributed by atoms with Crippen molar-refractivity contribution in [3.63, 3.8) is 0 Å². The van der Waals surface area contributed by atoms with Gasteiger partial charge in [0.1, 0.15) is 5.82 Å². The van der Waals surface area contributed by atoms with E-state index in [4.69, 9.17) is 11.6 Å². The van der Waals surface area contributed by atoms with Crippen LogP contribution in [0.5, 0.6) is 0 Å². The van der Waals surface area contributed by atoms with Gasteiger partial charge in [0.15, 0.2) is 0 Å². The van der Waals surface area contributed by atoms with Crippen LogP contribution in [0, 0.1) is 0 Å². The van der Waals surface area contributed by atoms with Gasteiger partial charge in [0.25, 0.3) is 0 Å². The number of pyridine rings is 1. The van der Waals surface area contributed by atoms with Crippen molar-refractivity contribution in [3.05, 3.63) is 22.8 Å². The fraction of sp³-hybridized carbons (Fsp3) is 0.688. The first-order valence-electron chi connectivity index (χ1n) is 7.44. The van der Waals surface area contributed by atoms with Crippen LogP contribution in [0.2, 0.25) is 5.02 Å². The molecule has 0 amide bonds. The lowest BCUT2D eigenvalue weighted by Crippen LogP contribution is -2.35. The van der Waals surface area contributed by atoms with Crippen LogP contribution in [-0.4, -0.2) is 24.1 Å². The van der Waals surface area contributed by atoms with Gasteiger partial charge in [-0.15, -0.1) is 0 Å². The van der Waals surface area contributed by atoms with Crippen LogP contribution >= 0.6 is 11.6 Å². The van der Waals surface area contributed by atoms with E-state index in [0.29, 0.717) is 0 Å². The molecular weight excluding hydrogens is 270 g/mol. The molecule has 0 unspecified atom stereocenters. The largest absolute Gasteiger partial charge is 0.358 e. The smallest absolute Gasteiger partial charge is 0.147 e. The molecule has 0 aliphatic carbocycles. The van der Waals surface area contributed by atoms with Gasteiger partial charge < -0.3 is 10.2 Å². The molecule has 0 bridgehead atoms. The van der Waals surface area contributed by atoms with Crippen LogP contribution in [0.25, 0.3) is 0 Å². The maximum atomic E-state index is 6.36. The lowest BCUT2D eigenvalue weighted by Gasteiger charge is -2.22. The van der Waals surface area contributed by atoms with E-state index in [1.54, 1.807) is 0 Å². The summed E-state index contributed by atoms with van der Waals surface area (Å²) in [6, 6.07) is 2.01. The van der Waals surface area contributed by atoms with Crippen LogP contribution in [0.1, 0.15) is 52.5 Å². The normalized spacial score (nSPS) is 11.7. The number of halogens is 1. The van der Waals surface area contributed by atoms with Crippen molar-refractivity contribution in [2.75, 3.05) is 18.5 Å². The lowest BCUT2D eigenvalue weighted by atomic mass is 10.1. The summed E-state index contributed by atoms with van der Waals surface area (Å²) >= 11 is 6.36. The molecule has 1 heterocycles. The number of unbranched alkanes of at least 4 members (excludes halogenated alkanes) is 2. The second kappa shape index (κ2) is 7.84. The highest BCUT2D eigenvalue weighted by Crippen LogP contribution is 2.23. The molecule has 3 nitrogen and oxygen atoms in total. The number of rotatable bonds is 7. The van der Waals surface area contributed by atoms with Gasteiger partial charge in [-0.3, -0.25) is 0 Å². The van der Waals surface area contributed by atoms with Crippen LogP contribution < -0.4 is 10.2 Å². The Bertz CT molecular complexity index is 413. The van der Waals surface area contributed by atoms with Crippen molar-refractivity contribution >= 4 is 17.4 Å². The number of anilines is 1. The Balaban J connectivity index is 2.63. The van der Waals surface area contributed by atoms with Gasteiger partial charge in [-0.1, -0.05) is 31.4 Å². The molecular formula is C16H28ClN3. The zero-order chi connectivity index (χ0) is 15.2. The molecule has 0 aromatic carbocycles. The minimum Gasteiger partial charge on any atom is -0.358 e. The molecule has 0 radical (unpaired) electrons. The summed E-state index contributed by atoms with van der Waals surface area (Å²) in [6.45, 7) is 10.5. The molecule has 0 saturated carbocycles. The first-order chi connectivity index (χ1) is 9.33. The third-order valence-electron chi connectivity index (χ3n) is 3.16. The van der Waals surface area contributed by atoms with E-state index >= 15 is 0 Å². The van der Waals surface area contributed by atoms with E-state index in [1.807, 2.05) is 12.3 Å². The first kappa shape index (κ1) is 17.3. The molecule has 1 aromatic rings. The molecule has 0 aliphatic heterocycles. The minimum absolute atomic E-state index is 0.0993. The maximum absolute atomic E-state index is 6.36. The van der Waals surface area contributed by atoms with E-state index < -0.39 is 0 Å². The molecule has 0 fully saturated rings. The lowest BCUT2D eigenvalue weighted by molar-refractivity contribution is 0.424. The summed E-state index contributed by atoms with van der Waals surface area (Å²) in [5.41, 5.74) is 1.22. The summed E-state index contributed by atoms with van der Waals surface area (Å²) in [5.74, 6) is 0.877. The summed E-state index contributed by atoms with van der Waals surface area (Å²) in [5, 5.41) is 4.18. The van der Waals surface area contributed by atoms with Crippen molar-refractivity contribution in [1.29, 1.82) is 0 Å². The summed E-state index contributed by atoms with van der Waals surface area (Å²) in [4.78, 5) is 6.65. The maximum Gasteiger partial charge on any atom is 0.147 e. The van der Waals surface area contributed by atoms with Crippen molar-refractivity contribution < 1.29 is 0 Å². The van der Waals surface area contributed by atoms with E-state index in [-0.39, 0.29) is 5.54 Å². The molecule has 1 aromatic heterocycles. The van der Waals surface area contributed by atoms with Crippen LogP contribution in [0.3, 0.4) is 0 Å². The Morgan fingerprint density at radius 3 is 2.55 bits per heavy atom. The second-order valence-electron chi connectivity index (χ2n) is 6.38. The van der Waals surface area contributed by atoms with E-state index in [0.717, 1.165) is 29.5 Å². The van der Waals surface area contributed by atoms with Gasteiger partial charge in [0.2, 0.25) is 0 Å². The number of aromatic nitrogens is 1. The predicted molar refractivity (Wildman–Crippen MR) is 88.6 cm³/mol. The highest BCUT2D eigenvalue weighted by Gasteiger charge is 2.11. The molecule has 0 saturated heterocycles. The average Bonchev–Trinajstić information content (AvgIpc) is 2.35. The van der Waals surface area contributed by atoms with E-state index in [1.165, 1.54) is 19.3 Å². The molecule has 114 valence electrons. The van der Waals surface area contributed by atoms with Crippen LogP contribution in [0.4, 0.5) is 5.82 Å². The average molecular weight is 298 g/mol. The Morgan fingerprint density at radius 1 is 1.30 bits per heavy atom. The minimum atomic E-state index is 0.0993. The Morgan fingerprint density at radius 2 is 2.00 bits per heavy atom. The monoisotopic (exact) mass is 297 g/mol. The predicted octanol–water partition coefficient (Wildman–Crippen LogP) is 4.25. The van der Waals surface area contributed by atoms with Gasteiger partial charge >= 0.3 is 0 Å². The number of hydrogen-bond donors (Lipinski definition) is 1. The molecule has 1 rings (SSSR count). The molecule has 0 atom stereocenters. The summed E-state index contributed by atoms with van der Waals surface area (Å²) in [7, 11) is 2.05. The summed E-state index contributed by atoms with van der Waals surface area (Å²) < 4.78 is 0. The van der Waals surface area contributed by atoms with Crippen molar-refractivity contribution in [1.82, 2.24) is 10.3 Å². The second-order valence-corrected chi connectivity index (χ2v) is 6.79. The Kier molecular flexibility index (Phi) is 6.77. The Hall–Kier alpha value is -0.800. The SMILES string of the molecule is CCCCCN(C)c1ncc(CNC(C)(C)C)cc1Cl. The standard InChI is InChI=1S/C16H28ClN3/c1-6-7-8-9-20(5)15-14(17)10-13(11-18-15)12-19-16(2,3)4/h10-11,19H,6-9,12H2,1-5H3. The number of nitrogens with one attached hydrogen (secondary N) is 1. The topological polar surface area (TPSA) is 28.2 Å². The molecule has 0 spiro atoms. The van der Waals surface area contributed by atoms with Crippen LogP contribution in [-0.2, 0) is 6.54 Å². The number of nitrogens with zero attached hydrogens (tertiary/aromatic N) is 2. The highest BCUT2D eigenvalue weighted by atomic mass is 35.5. The van der Waals surface area contributed by atoms with Crippen LogP contribution in [0.15, 0.2) is 12.3 Å². The van der Waals surface area contributed by atoms with Crippen molar-refractivity contribution in [3.8, 4) is 0 Å². The van der Waals surface area contributed by atoms with Gasteiger partial charge in [-0.05, 0) is 38.8 Å². The molecule has 20 heavy (non-hydrogen) atoms. The third kappa shape index (κ3) is 6.10. The van der Waals surface area contributed by atoms with Gasteiger partial charge in [0.05, 0.1) is 5.02 Å². The van der Waals surface area contributed by atoms with E-state index in [9.17, 15) is 0 Å². The van der Waals surface area contributed by atoms with E-state index in [2.05, 4.69) is 49.9 Å². The van der Waals surface area contributed by atoms with Gasteiger partial charge in [-0.2, -0.15) is 0 Å². The number of hydrogen-bond acceptors (Lipinski definition) is 3. The Labute approximate surface area is 128 Å². The fourth-order valence-electron chi connectivity index (χ4n) is 1.92. The van der Waals surface area contributed by atoms with Gasteiger partial charge in [0, 0.05) is 31.9 Å². The van der Waals surface area contributed by atoms with Crippen molar-refractivity contribution in [2.24, 2.45) is 0 Å². The quantitative estimate of drug-likeness (QED) is 0.763. The zero-order valence-corrected chi connectivity index (χ0v) is 14.2. The third-order valence-corrected chi connectivity index (χ3v) is 3.44.